The van der Waals surface area contributed by atoms with Gasteiger partial charge in [0.2, 0.25) is 5.91 Å². The lowest BCUT2D eigenvalue weighted by Crippen LogP contribution is -2.38. The number of methoxy groups -OCH3 is 2. The second-order valence-corrected chi connectivity index (χ2v) is 12.9. The minimum absolute atomic E-state index is 0.00136. The van der Waals surface area contributed by atoms with E-state index >= 15 is 0 Å². The number of benzene rings is 4. The van der Waals surface area contributed by atoms with Gasteiger partial charge in [-0.2, -0.15) is 0 Å². The topological polar surface area (TPSA) is 131 Å². The molecule has 0 saturated heterocycles. The van der Waals surface area contributed by atoms with Gasteiger partial charge in [-0.3, -0.25) is 13.8 Å². The second-order valence-electron chi connectivity index (χ2n) is 9.31. The largest absolute Gasteiger partial charge is 0.493 e. The van der Waals surface area contributed by atoms with E-state index in [2.05, 4.69) is 10.0 Å². The van der Waals surface area contributed by atoms with Crippen LogP contribution in [0.1, 0.15) is 11.1 Å². The van der Waals surface area contributed by atoms with Gasteiger partial charge in [-0.25, -0.2) is 16.8 Å². The first-order valence-corrected chi connectivity index (χ1v) is 15.7. The number of hydrogen-bond acceptors (Lipinski definition) is 7. The molecule has 0 atom stereocenters. The molecule has 4 aromatic rings. The molecular weight excluding hydrogens is 578 g/mol. The number of aryl methyl sites for hydroxylation is 2. The van der Waals surface area contributed by atoms with Crippen LogP contribution in [0.25, 0.3) is 0 Å². The highest BCUT2D eigenvalue weighted by atomic mass is 32.2. The number of nitrogens with one attached hydrogen (secondary N) is 2. The zero-order valence-corrected chi connectivity index (χ0v) is 25.1. The van der Waals surface area contributed by atoms with E-state index in [0.29, 0.717) is 11.4 Å². The van der Waals surface area contributed by atoms with Gasteiger partial charge < -0.3 is 14.8 Å². The molecule has 0 heterocycles. The van der Waals surface area contributed by atoms with Crippen LogP contribution in [0.15, 0.2) is 101 Å². The van der Waals surface area contributed by atoms with Crippen LogP contribution in [0.3, 0.4) is 0 Å². The van der Waals surface area contributed by atoms with Crippen molar-refractivity contribution in [1.29, 1.82) is 0 Å². The summed E-state index contributed by atoms with van der Waals surface area (Å²) >= 11 is 0. The summed E-state index contributed by atoms with van der Waals surface area (Å²) < 4.78 is 67.4. The van der Waals surface area contributed by atoms with Crippen LogP contribution in [-0.4, -0.2) is 43.5 Å². The van der Waals surface area contributed by atoms with Crippen molar-refractivity contribution >= 4 is 43.0 Å². The third-order valence-corrected chi connectivity index (χ3v) is 9.59. The van der Waals surface area contributed by atoms with Crippen LogP contribution >= 0.6 is 0 Å². The fraction of sp³-hybridized carbons (Fsp3) is 0.167. The number of anilines is 3. The number of rotatable bonds is 11. The van der Waals surface area contributed by atoms with E-state index in [0.717, 1.165) is 15.4 Å². The lowest BCUT2D eigenvalue weighted by Gasteiger charge is -2.25. The van der Waals surface area contributed by atoms with Gasteiger partial charge in [-0.15, -0.1) is 0 Å². The van der Waals surface area contributed by atoms with E-state index in [1.165, 1.54) is 62.8 Å². The van der Waals surface area contributed by atoms with Gasteiger partial charge in [0, 0.05) is 11.8 Å². The average Bonchev–Trinajstić information content (AvgIpc) is 2.98. The normalized spacial score (nSPS) is 11.4. The maximum absolute atomic E-state index is 13.6. The molecule has 12 heteroatoms. The number of nitrogens with zero attached hydrogens (tertiary/aromatic N) is 1. The Bertz CT molecular complexity index is 1770. The first kappa shape index (κ1) is 30.4. The standard InChI is InChI=1S/C30H31N3O7S2/c1-21-9-8-10-22(2)30(21)32-41(35,36)25-16-13-23(14-17-25)31-29(34)20-33(42(37,38)26-11-6-5-7-12-26)24-15-18-27(39-3)28(19-24)40-4/h5-19,32H,20H2,1-4H3,(H,31,34). The van der Waals surface area contributed by atoms with Gasteiger partial charge in [0.25, 0.3) is 20.0 Å². The SMILES string of the molecule is COc1ccc(N(CC(=O)Nc2ccc(S(=O)(=O)Nc3c(C)cccc3C)cc2)S(=O)(=O)c2ccccc2)cc1OC. The molecule has 0 spiro atoms. The van der Waals surface area contributed by atoms with Crippen molar-refractivity contribution in [3.05, 3.63) is 102 Å². The molecule has 0 aromatic heterocycles. The minimum Gasteiger partial charge on any atom is -0.493 e. The van der Waals surface area contributed by atoms with Crippen LogP contribution in [-0.2, 0) is 24.8 Å². The van der Waals surface area contributed by atoms with Gasteiger partial charge >= 0.3 is 0 Å². The lowest BCUT2D eigenvalue weighted by atomic mass is 10.1. The van der Waals surface area contributed by atoms with E-state index in [9.17, 15) is 21.6 Å². The molecule has 220 valence electrons. The summed E-state index contributed by atoms with van der Waals surface area (Å²) in [5.74, 6) is 0.0356. The van der Waals surface area contributed by atoms with Gasteiger partial charge in [-0.1, -0.05) is 36.4 Å². The molecule has 0 radical (unpaired) electrons. The molecule has 0 bridgehead atoms. The molecule has 2 N–H and O–H groups in total. The van der Waals surface area contributed by atoms with Gasteiger partial charge in [0.15, 0.2) is 11.5 Å². The van der Waals surface area contributed by atoms with Gasteiger partial charge in [0.05, 0.1) is 35.4 Å². The molecule has 0 fully saturated rings. The van der Waals surface area contributed by atoms with Crippen LogP contribution < -0.4 is 23.8 Å². The molecule has 0 aliphatic rings. The molecule has 4 rings (SSSR count). The number of amides is 1. The van der Waals surface area contributed by atoms with Crippen LogP contribution in [0.4, 0.5) is 17.1 Å². The first-order valence-electron chi connectivity index (χ1n) is 12.7. The number of hydrogen-bond donors (Lipinski definition) is 2. The number of para-hydroxylation sites is 1. The minimum atomic E-state index is -4.16. The summed E-state index contributed by atoms with van der Waals surface area (Å²) in [6, 6.07) is 23.3. The maximum Gasteiger partial charge on any atom is 0.264 e. The summed E-state index contributed by atoms with van der Waals surface area (Å²) in [4.78, 5) is 13.1. The smallest absolute Gasteiger partial charge is 0.264 e. The number of carbonyl (C=O) groups is 1. The zero-order chi connectivity index (χ0) is 30.5. The predicted molar refractivity (Wildman–Crippen MR) is 162 cm³/mol. The van der Waals surface area contributed by atoms with E-state index in [1.54, 1.807) is 24.3 Å². The van der Waals surface area contributed by atoms with Crippen molar-refractivity contribution in [2.24, 2.45) is 0 Å². The molecule has 0 aliphatic carbocycles. The molecule has 1 amide bonds. The number of sulfonamides is 2. The van der Waals surface area contributed by atoms with E-state index in [1.807, 2.05) is 32.0 Å². The van der Waals surface area contributed by atoms with Gasteiger partial charge in [-0.05, 0) is 73.5 Å². The fourth-order valence-corrected chi connectivity index (χ4v) is 6.87. The van der Waals surface area contributed by atoms with Crippen molar-refractivity contribution in [2.45, 2.75) is 23.6 Å². The molecule has 42 heavy (non-hydrogen) atoms. The Morgan fingerprint density at radius 1 is 0.738 bits per heavy atom. The zero-order valence-electron chi connectivity index (χ0n) is 23.5. The van der Waals surface area contributed by atoms with E-state index in [-0.39, 0.29) is 26.9 Å². The number of carbonyl (C=O) groups excluding carboxylic acids is 1. The van der Waals surface area contributed by atoms with Crippen LogP contribution in [0, 0.1) is 13.8 Å². The van der Waals surface area contributed by atoms with E-state index in [4.69, 9.17) is 9.47 Å². The summed E-state index contributed by atoms with van der Waals surface area (Å²) in [7, 11) is -5.17. The van der Waals surface area contributed by atoms with E-state index < -0.39 is 32.5 Å². The Kier molecular flexibility index (Phi) is 9.08. The lowest BCUT2D eigenvalue weighted by molar-refractivity contribution is -0.114. The summed E-state index contributed by atoms with van der Waals surface area (Å²) in [5.41, 5.74) is 2.55. The second kappa shape index (κ2) is 12.5. The summed E-state index contributed by atoms with van der Waals surface area (Å²) in [6.45, 7) is 3.06. The first-order chi connectivity index (χ1) is 20.0. The molecule has 10 nitrogen and oxygen atoms in total. The van der Waals surface area contributed by atoms with Crippen LogP contribution in [0.2, 0.25) is 0 Å². The molecule has 0 saturated carbocycles. The average molecular weight is 610 g/mol. The summed E-state index contributed by atoms with van der Waals surface area (Å²) in [5, 5.41) is 2.65. The Morgan fingerprint density at radius 3 is 1.95 bits per heavy atom. The van der Waals surface area contributed by atoms with Crippen LogP contribution in [0.5, 0.6) is 11.5 Å². The van der Waals surface area contributed by atoms with Crippen molar-refractivity contribution in [2.75, 3.05) is 35.1 Å². The highest BCUT2D eigenvalue weighted by Crippen LogP contribution is 2.34. The third-order valence-electron chi connectivity index (χ3n) is 6.44. The van der Waals surface area contributed by atoms with Gasteiger partial charge in [0.1, 0.15) is 6.54 Å². The molecule has 4 aromatic carbocycles. The maximum atomic E-state index is 13.6. The van der Waals surface area contributed by atoms with Crippen molar-refractivity contribution in [3.8, 4) is 11.5 Å². The van der Waals surface area contributed by atoms with Crippen molar-refractivity contribution in [3.63, 3.8) is 0 Å². The van der Waals surface area contributed by atoms with Crippen molar-refractivity contribution in [1.82, 2.24) is 0 Å². The Morgan fingerprint density at radius 2 is 1.36 bits per heavy atom. The third kappa shape index (κ3) is 6.67. The molecule has 0 unspecified atom stereocenters. The number of ether oxygens (including phenoxy) is 2. The Balaban J connectivity index is 1.57. The molecular formula is C30H31N3O7S2. The highest BCUT2D eigenvalue weighted by molar-refractivity contribution is 7.93. The molecule has 0 aliphatic heterocycles. The monoisotopic (exact) mass is 609 g/mol. The highest BCUT2D eigenvalue weighted by Gasteiger charge is 2.28. The quantitative estimate of drug-likeness (QED) is 0.246. The Hall–Kier alpha value is -4.55. The fourth-order valence-electron chi connectivity index (χ4n) is 4.23. The Labute approximate surface area is 246 Å². The van der Waals surface area contributed by atoms with Crippen molar-refractivity contribution < 1.29 is 31.1 Å². The predicted octanol–water partition coefficient (Wildman–Crippen LogP) is 4.96. The summed E-state index contributed by atoms with van der Waals surface area (Å²) in [6.07, 6.45) is 0.